The number of carboxylic acid groups (broad SMARTS) is 1. The molecule has 0 saturated carbocycles. The highest BCUT2D eigenvalue weighted by molar-refractivity contribution is 6.08. The van der Waals surface area contributed by atoms with Gasteiger partial charge in [0.2, 0.25) is 0 Å². The summed E-state index contributed by atoms with van der Waals surface area (Å²) in [6.07, 6.45) is 4.41. The van der Waals surface area contributed by atoms with Crippen LogP contribution < -0.4 is 4.74 Å². The molecule has 0 aromatic heterocycles. The van der Waals surface area contributed by atoms with E-state index in [0.717, 1.165) is 16.7 Å². The van der Waals surface area contributed by atoms with Crippen molar-refractivity contribution in [2.45, 2.75) is 93.3 Å². The maximum atomic E-state index is 12.7. The maximum absolute atomic E-state index is 12.7. The summed E-state index contributed by atoms with van der Waals surface area (Å²) < 4.78 is 11.3. The number of hydrogen-bond acceptors (Lipinski definition) is 4. The number of hydrogen-bond donors (Lipinski definition) is 1. The lowest BCUT2D eigenvalue weighted by atomic mass is 9.79. The lowest BCUT2D eigenvalue weighted by Crippen LogP contribution is -2.38. The monoisotopic (exact) mass is 472 g/mol. The molecule has 0 bridgehead atoms. The minimum atomic E-state index is -1.21. The van der Waals surface area contributed by atoms with Crippen LogP contribution in [0.5, 0.6) is 5.75 Å². The van der Waals surface area contributed by atoms with Crippen molar-refractivity contribution in [3.63, 3.8) is 0 Å². The highest BCUT2D eigenvalue weighted by Crippen LogP contribution is 2.40. The Balaban J connectivity index is 0.00000201. The second kappa shape index (κ2) is 15.3. The molecule has 1 unspecified atom stereocenters. The van der Waals surface area contributed by atoms with Gasteiger partial charge >= 0.3 is 5.97 Å². The van der Waals surface area contributed by atoms with E-state index < -0.39 is 17.7 Å². The Morgan fingerprint density at radius 3 is 2.09 bits per heavy atom. The fourth-order valence-electron chi connectivity index (χ4n) is 3.27. The molecule has 1 aliphatic carbocycles. The Morgan fingerprint density at radius 1 is 1.15 bits per heavy atom. The number of carbonyl (C=O) groups is 2. The zero-order valence-electron chi connectivity index (χ0n) is 22.7. The molecular weight excluding hydrogens is 428 g/mol. The molecule has 0 aliphatic heterocycles. The third-order valence-electron chi connectivity index (χ3n) is 5.30. The van der Waals surface area contributed by atoms with Crippen LogP contribution in [0.2, 0.25) is 0 Å². The van der Waals surface area contributed by atoms with E-state index in [1.165, 1.54) is 6.42 Å². The second-order valence-corrected chi connectivity index (χ2v) is 8.42. The zero-order valence-corrected chi connectivity index (χ0v) is 22.7. The molecule has 1 atom stereocenters. The summed E-state index contributed by atoms with van der Waals surface area (Å²) in [5.41, 5.74) is 2.76. The number of carbonyl (C=O) groups excluding carboxylic acids is 1. The predicted molar refractivity (Wildman–Crippen MR) is 141 cm³/mol. The first kappa shape index (κ1) is 31.3. The van der Waals surface area contributed by atoms with Gasteiger partial charge in [0.1, 0.15) is 5.75 Å². The van der Waals surface area contributed by atoms with Gasteiger partial charge in [-0.25, -0.2) is 4.79 Å². The number of rotatable bonds is 8. The molecule has 190 valence electrons. The second-order valence-electron chi connectivity index (χ2n) is 8.42. The smallest absolute Gasteiger partial charge is 0.337 e. The van der Waals surface area contributed by atoms with E-state index in [9.17, 15) is 14.7 Å². The molecule has 0 amide bonds. The molecule has 0 spiro atoms. The molecule has 0 fully saturated rings. The van der Waals surface area contributed by atoms with Crippen LogP contribution in [0, 0.1) is 0 Å². The van der Waals surface area contributed by atoms with E-state index in [0.29, 0.717) is 23.3 Å². The quantitative estimate of drug-likeness (QED) is 0.426. The van der Waals surface area contributed by atoms with Crippen LogP contribution in [-0.4, -0.2) is 35.7 Å². The number of ketones is 1. The van der Waals surface area contributed by atoms with Gasteiger partial charge in [0, 0.05) is 12.0 Å². The van der Waals surface area contributed by atoms with Crippen LogP contribution in [0.4, 0.5) is 0 Å². The summed E-state index contributed by atoms with van der Waals surface area (Å²) in [5.74, 6) is -0.483. The molecule has 1 aromatic carbocycles. The van der Waals surface area contributed by atoms with E-state index in [4.69, 9.17) is 9.47 Å². The van der Waals surface area contributed by atoms with Gasteiger partial charge in [0.25, 0.3) is 0 Å². The Kier molecular flexibility index (Phi) is 14.1. The minimum absolute atomic E-state index is 0.0189. The summed E-state index contributed by atoms with van der Waals surface area (Å²) in [5, 5.41) is 9.97. The van der Waals surface area contributed by atoms with Crippen molar-refractivity contribution in [2.75, 3.05) is 7.11 Å². The Morgan fingerprint density at radius 2 is 1.68 bits per heavy atom. The van der Waals surface area contributed by atoms with Crippen LogP contribution in [0.1, 0.15) is 87.1 Å². The largest absolute Gasteiger partial charge is 0.497 e. The summed E-state index contributed by atoms with van der Waals surface area (Å²) in [6, 6.07) is 7.41. The number of carboxylic acids is 1. The zero-order chi connectivity index (χ0) is 26.5. The van der Waals surface area contributed by atoms with Gasteiger partial charge in [-0.15, -0.1) is 0 Å². The molecule has 1 aliphatic rings. The molecule has 0 heterocycles. The van der Waals surface area contributed by atoms with Crippen LogP contribution in [0.15, 0.2) is 53.1 Å². The molecule has 5 heteroatoms. The van der Waals surface area contributed by atoms with Crippen LogP contribution >= 0.6 is 0 Å². The fourth-order valence-corrected chi connectivity index (χ4v) is 3.27. The molecule has 34 heavy (non-hydrogen) atoms. The highest BCUT2D eigenvalue weighted by atomic mass is 16.5. The number of Topliss-reactive ketones (excluding diaryl/α,β-unsaturated/α-hetero) is 1. The average Bonchev–Trinajstić information content (AvgIpc) is 2.82. The first-order valence-corrected chi connectivity index (χ1v) is 12.2. The van der Waals surface area contributed by atoms with Crippen molar-refractivity contribution < 1.29 is 24.2 Å². The summed E-state index contributed by atoms with van der Waals surface area (Å²) in [4.78, 5) is 24.9. The number of benzene rings is 1. The summed E-state index contributed by atoms with van der Waals surface area (Å²) >= 11 is 0. The molecule has 2 rings (SSSR count). The topological polar surface area (TPSA) is 72.8 Å². The van der Waals surface area contributed by atoms with E-state index >= 15 is 0 Å². The first-order chi connectivity index (χ1) is 16.1. The van der Waals surface area contributed by atoms with Crippen molar-refractivity contribution >= 4 is 17.3 Å². The van der Waals surface area contributed by atoms with Crippen LogP contribution in [0.25, 0.3) is 5.57 Å². The normalized spacial score (nSPS) is 14.8. The number of ether oxygens (including phenoxy) is 2. The van der Waals surface area contributed by atoms with Gasteiger partial charge in [0.15, 0.2) is 11.9 Å². The van der Waals surface area contributed by atoms with Crippen LogP contribution in [-0.2, 0) is 14.3 Å². The van der Waals surface area contributed by atoms with E-state index in [1.807, 2.05) is 78.0 Å². The Hall–Kier alpha value is -2.66. The summed E-state index contributed by atoms with van der Waals surface area (Å²) in [7, 11) is 1.59. The van der Waals surface area contributed by atoms with Crippen molar-refractivity contribution in [3.05, 3.63) is 58.7 Å². The molecule has 1 aromatic rings. The van der Waals surface area contributed by atoms with Crippen LogP contribution in [0.3, 0.4) is 0 Å². The Labute approximate surface area is 206 Å². The van der Waals surface area contributed by atoms with Gasteiger partial charge in [-0.2, -0.15) is 0 Å². The van der Waals surface area contributed by atoms with Crippen molar-refractivity contribution in [1.29, 1.82) is 0 Å². The Bertz CT molecular complexity index is 886. The average molecular weight is 473 g/mol. The molecule has 1 N–H and O–H groups in total. The standard InChI is InChI=1S/C24H30O5.C3H8.C2H6/c1-7-9-18-15(3)20(25)14-19(22(23(26)27)29-24(4,5)8-2)21(18)16-10-12-17(28-6)13-11-16;1-3-2;1-2/h7,9-13,22H,8,14H2,1-6H3,(H,26,27);3H2,1-2H3;1-2H3/b9-7-;;. The van der Waals surface area contributed by atoms with E-state index in [1.54, 1.807) is 14.0 Å². The maximum Gasteiger partial charge on any atom is 0.337 e. The van der Waals surface area contributed by atoms with Crippen molar-refractivity contribution in [3.8, 4) is 5.75 Å². The fraction of sp³-hybridized carbons (Fsp3) is 0.517. The third-order valence-corrected chi connectivity index (χ3v) is 5.30. The molecule has 0 radical (unpaired) electrons. The lowest BCUT2D eigenvalue weighted by Gasteiger charge is -2.32. The third kappa shape index (κ3) is 8.60. The van der Waals surface area contributed by atoms with Crippen molar-refractivity contribution in [2.24, 2.45) is 0 Å². The van der Waals surface area contributed by atoms with Gasteiger partial charge in [-0.1, -0.05) is 65.3 Å². The van der Waals surface area contributed by atoms with Gasteiger partial charge in [0.05, 0.1) is 12.7 Å². The highest BCUT2D eigenvalue weighted by Gasteiger charge is 2.36. The molecular formula is C29H44O5. The number of allylic oxidation sites excluding steroid dienone is 5. The van der Waals surface area contributed by atoms with E-state index in [-0.39, 0.29) is 12.2 Å². The predicted octanol–water partition coefficient (Wildman–Crippen LogP) is 7.42. The molecule has 5 nitrogen and oxygen atoms in total. The summed E-state index contributed by atoms with van der Waals surface area (Å²) in [6.45, 7) is 17.6. The SMILES string of the molecule is C/C=C\C1=C(C)C(=O)CC(C(OC(C)(C)CC)C(=O)O)=C1c1ccc(OC)cc1.CC.CCC. The van der Waals surface area contributed by atoms with Gasteiger partial charge in [-0.3, -0.25) is 4.79 Å². The number of aliphatic carboxylic acids is 1. The minimum Gasteiger partial charge on any atom is -0.497 e. The first-order valence-electron chi connectivity index (χ1n) is 12.2. The van der Waals surface area contributed by atoms with E-state index in [2.05, 4.69) is 13.8 Å². The van der Waals surface area contributed by atoms with Gasteiger partial charge < -0.3 is 14.6 Å². The molecule has 0 saturated heterocycles. The van der Waals surface area contributed by atoms with Crippen molar-refractivity contribution in [1.82, 2.24) is 0 Å². The lowest BCUT2D eigenvalue weighted by molar-refractivity contribution is -0.157. The van der Waals surface area contributed by atoms with Gasteiger partial charge in [-0.05, 0) is 68.5 Å². The number of methoxy groups -OCH3 is 1.